The quantitative estimate of drug-likeness (QED) is 0.902. The maximum absolute atomic E-state index is 11.9. The molecule has 1 aromatic carbocycles. The summed E-state index contributed by atoms with van der Waals surface area (Å²) in [5, 5.41) is 2.95. The van der Waals surface area contributed by atoms with Crippen molar-refractivity contribution in [3.05, 3.63) is 35.9 Å². The van der Waals surface area contributed by atoms with E-state index in [1.807, 2.05) is 24.8 Å². The zero-order chi connectivity index (χ0) is 13.7. The predicted octanol–water partition coefficient (Wildman–Crippen LogP) is 1.92. The fourth-order valence-electron chi connectivity index (χ4n) is 2.29. The minimum absolute atomic E-state index is 0.0642. The van der Waals surface area contributed by atoms with Crippen molar-refractivity contribution in [2.75, 3.05) is 26.2 Å². The molecule has 0 radical (unpaired) electrons. The monoisotopic (exact) mass is 261 g/mol. The molecule has 19 heavy (non-hydrogen) atoms. The van der Waals surface area contributed by atoms with Gasteiger partial charge in [-0.25, -0.2) is 4.79 Å². The van der Waals surface area contributed by atoms with Gasteiger partial charge in [0.05, 0.1) is 0 Å². The van der Waals surface area contributed by atoms with Crippen LogP contribution < -0.4 is 5.32 Å². The molecule has 104 valence electrons. The molecule has 2 rings (SSSR count). The Morgan fingerprint density at radius 2 is 1.79 bits per heavy atom. The molecule has 4 heteroatoms. The number of hydrogen-bond donors (Lipinski definition) is 1. The molecule has 0 aromatic heterocycles. The molecule has 0 bridgehead atoms. The van der Waals surface area contributed by atoms with Crippen LogP contribution in [0.25, 0.3) is 0 Å². The van der Waals surface area contributed by atoms with Gasteiger partial charge < -0.3 is 10.2 Å². The number of benzene rings is 1. The highest BCUT2D eigenvalue weighted by Gasteiger charge is 2.21. The van der Waals surface area contributed by atoms with Gasteiger partial charge in [0.1, 0.15) is 0 Å². The molecule has 0 aliphatic carbocycles. The van der Waals surface area contributed by atoms with Crippen molar-refractivity contribution in [3.8, 4) is 0 Å². The van der Waals surface area contributed by atoms with Gasteiger partial charge in [-0.3, -0.25) is 4.90 Å². The van der Waals surface area contributed by atoms with E-state index in [-0.39, 0.29) is 12.1 Å². The molecule has 0 unspecified atom stereocenters. The number of rotatable bonds is 3. The van der Waals surface area contributed by atoms with Gasteiger partial charge >= 0.3 is 6.03 Å². The van der Waals surface area contributed by atoms with E-state index < -0.39 is 0 Å². The van der Waals surface area contributed by atoms with E-state index in [9.17, 15) is 4.79 Å². The Morgan fingerprint density at radius 1 is 1.16 bits per heavy atom. The van der Waals surface area contributed by atoms with Crippen molar-refractivity contribution in [2.45, 2.75) is 26.4 Å². The standard InChI is InChI=1S/C15H23N3O/c1-13(2)16-15(19)18-10-8-17(9-11-18)12-14-6-4-3-5-7-14/h3-7,13H,8-12H2,1-2H3,(H,16,19). The number of nitrogens with one attached hydrogen (secondary N) is 1. The van der Waals surface area contributed by atoms with Gasteiger partial charge in [-0.2, -0.15) is 0 Å². The molecule has 4 nitrogen and oxygen atoms in total. The summed E-state index contributed by atoms with van der Waals surface area (Å²) in [6.45, 7) is 8.46. The second-order valence-corrected chi connectivity index (χ2v) is 5.35. The lowest BCUT2D eigenvalue weighted by Crippen LogP contribution is -2.52. The third-order valence-electron chi connectivity index (χ3n) is 3.32. The van der Waals surface area contributed by atoms with Crippen molar-refractivity contribution < 1.29 is 4.79 Å². The maximum atomic E-state index is 11.9. The third kappa shape index (κ3) is 4.24. The SMILES string of the molecule is CC(C)NC(=O)N1CCN(Cc2ccccc2)CC1. The van der Waals surface area contributed by atoms with E-state index in [0.29, 0.717) is 0 Å². The van der Waals surface area contributed by atoms with Crippen LogP contribution in [-0.2, 0) is 6.54 Å². The summed E-state index contributed by atoms with van der Waals surface area (Å²) >= 11 is 0. The number of urea groups is 1. The van der Waals surface area contributed by atoms with Crippen molar-refractivity contribution >= 4 is 6.03 Å². The van der Waals surface area contributed by atoms with Crippen molar-refractivity contribution in [1.82, 2.24) is 15.1 Å². The first-order chi connectivity index (χ1) is 9.15. The van der Waals surface area contributed by atoms with Crippen molar-refractivity contribution in [1.29, 1.82) is 0 Å². The first kappa shape index (κ1) is 13.9. The van der Waals surface area contributed by atoms with Gasteiger partial charge in [0.2, 0.25) is 0 Å². The zero-order valence-electron chi connectivity index (χ0n) is 11.8. The van der Waals surface area contributed by atoms with Gasteiger partial charge in [0.15, 0.2) is 0 Å². The average molecular weight is 261 g/mol. The molecule has 2 amide bonds. The van der Waals surface area contributed by atoms with E-state index in [1.54, 1.807) is 0 Å². The van der Waals surface area contributed by atoms with Gasteiger partial charge in [0, 0.05) is 38.8 Å². The summed E-state index contributed by atoms with van der Waals surface area (Å²) < 4.78 is 0. The highest BCUT2D eigenvalue weighted by molar-refractivity contribution is 5.74. The third-order valence-corrected chi connectivity index (χ3v) is 3.32. The fourth-order valence-corrected chi connectivity index (χ4v) is 2.29. The summed E-state index contributed by atoms with van der Waals surface area (Å²) in [5.74, 6) is 0. The van der Waals surface area contributed by atoms with Gasteiger partial charge in [0.25, 0.3) is 0 Å². The van der Waals surface area contributed by atoms with Crippen LogP contribution in [0.4, 0.5) is 4.79 Å². The van der Waals surface area contributed by atoms with E-state index in [2.05, 4.69) is 34.5 Å². The summed E-state index contributed by atoms with van der Waals surface area (Å²) in [7, 11) is 0. The molecule has 1 aliphatic rings. The first-order valence-electron chi connectivity index (χ1n) is 6.97. The molecule has 1 N–H and O–H groups in total. The van der Waals surface area contributed by atoms with E-state index in [0.717, 1.165) is 32.7 Å². The van der Waals surface area contributed by atoms with Crippen molar-refractivity contribution in [2.24, 2.45) is 0 Å². The van der Waals surface area contributed by atoms with E-state index in [4.69, 9.17) is 0 Å². The summed E-state index contributed by atoms with van der Waals surface area (Å²) in [6, 6.07) is 10.8. The van der Waals surface area contributed by atoms with Gasteiger partial charge in [-0.15, -0.1) is 0 Å². The summed E-state index contributed by atoms with van der Waals surface area (Å²) in [5.41, 5.74) is 1.34. The minimum Gasteiger partial charge on any atom is -0.336 e. The summed E-state index contributed by atoms with van der Waals surface area (Å²) in [4.78, 5) is 16.2. The van der Waals surface area contributed by atoms with Crippen LogP contribution in [-0.4, -0.2) is 48.1 Å². The summed E-state index contributed by atoms with van der Waals surface area (Å²) in [6.07, 6.45) is 0. The molecule has 1 aromatic rings. The highest BCUT2D eigenvalue weighted by Crippen LogP contribution is 2.08. The number of nitrogens with zero attached hydrogens (tertiary/aromatic N) is 2. The Balaban J connectivity index is 1.78. The molecule has 0 saturated carbocycles. The van der Waals surface area contributed by atoms with E-state index in [1.165, 1.54) is 5.56 Å². The fraction of sp³-hybridized carbons (Fsp3) is 0.533. The van der Waals surface area contributed by atoms with E-state index >= 15 is 0 Å². The Labute approximate surface area is 115 Å². The molecular formula is C15H23N3O. The lowest BCUT2D eigenvalue weighted by molar-refractivity contribution is 0.134. The van der Waals surface area contributed by atoms with Crippen LogP contribution in [0.5, 0.6) is 0 Å². The van der Waals surface area contributed by atoms with Crippen molar-refractivity contribution in [3.63, 3.8) is 0 Å². The van der Waals surface area contributed by atoms with Crippen LogP contribution >= 0.6 is 0 Å². The molecule has 1 saturated heterocycles. The normalized spacial score (nSPS) is 16.7. The van der Waals surface area contributed by atoms with Crippen LogP contribution in [0.1, 0.15) is 19.4 Å². The zero-order valence-corrected chi connectivity index (χ0v) is 11.8. The lowest BCUT2D eigenvalue weighted by Gasteiger charge is -2.35. The first-order valence-corrected chi connectivity index (χ1v) is 6.97. The Morgan fingerprint density at radius 3 is 2.37 bits per heavy atom. The number of piperazine rings is 1. The molecular weight excluding hydrogens is 238 g/mol. The Hall–Kier alpha value is -1.55. The topological polar surface area (TPSA) is 35.6 Å². The molecule has 0 atom stereocenters. The maximum Gasteiger partial charge on any atom is 0.317 e. The number of carbonyl (C=O) groups excluding carboxylic acids is 1. The van der Waals surface area contributed by atoms with Crippen LogP contribution in [0, 0.1) is 0 Å². The largest absolute Gasteiger partial charge is 0.336 e. The van der Waals surface area contributed by atoms with Gasteiger partial charge in [-0.1, -0.05) is 30.3 Å². The highest BCUT2D eigenvalue weighted by atomic mass is 16.2. The average Bonchev–Trinajstić information content (AvgIpc) is 2.40. The smallest absolute Gasteiger partial charge is 0.317 e. The minimum atomic E-state index is 0.0642. The second-order valence-electron chi connectivity index (χ2n) is 5.35. The molecule has 1 heterocycles. The molecule has 1 aliphatic heterocycles. The number of carbonyl (C=O) groups is 1. The number of amides is 2. The lowest BCUT2D eigenvalue weighted by atomic mass is 10.2. The molecule has 1 fully saturated rings. The Kier molecular flexibility index (Phi) is 4.80. The predicted molar refractivity (Wildman–Crippen MR) is 77.0 cm³/mol. The van der Waals surface area contributed by atoms with Gasteiger partial charge in [-0.05, 0) is 19.4 Å². The number of hydrogen-bond acceptors (Lipinski definition) is 2. The van der Waals surface area contributed by atoms with Crippen LogP contribution in [0.2, 0.25) is 0 Å². The van der Waals surface area contributed by atoms with Crippen LogP contribution in [0.3, 0.4) is 0 Å². The van der Waals surface area contributed by atoms with Crippen LogP contribution in [0.15, 0.2) is 30.3 Å². The second kappa shape index (κ2) is 6.57. The molecule has 0 spiro atoms. The Bertz CT molecular complexity index is 397.